The molecule has 0 aromatic heterocycles. The van der Waals surface area contributed by atoms with Gasteiger partial charge in [0.1, 0.15) is 0 Å². The maximum Gasteiger partial charge on any atom is 0.307 e. The monoisotopic (exact) mass is 305 g/mol. The molecule has 7 heteroatoms. The van der Waals surface area contributed by atoms with Gasteiger partial charge < -0.3 is 9.84 Å². The van der Waals surface area contributed by atoms with Crippen LogP contribution in [0.25, 0.3) is 0 Å². The summed E-state index contributed by atoms with van der Waals surface area (Å²) in [5, 5.41) is 8.41. The lowest BCUT2D eigenvalue weighted by Crippen LogP contribution is -2.52. The Kier molecular flexibility index (Phi) is 4.41. The Hall–Kier alpha value is -0.660. The number of aliphatic carboxylic acids is 1. The third kappa shape index (κ3) is 2.84. The second kappa shape index (κ2) is 5.61. The second-order valence-electron chi connectivity index (χ2n) is 6.05. The van der Waals surface area contributed by atoms with Crippen LogP contribution >= 0.6 is 0 Å². The van der Waals surface area contributed by atoms with Crippen molar-refractivity contribution in [2.45, 2.75) is 49.9 Å². The summed E-state index contributed by atoms with van der Waals surface area (Å²) in [4.78, 5) is 11.2. The zero-order valence-electron chi connectivity index (χ0n) is 12.0. The number of piperidine rings is 1. The van der Waals surface area contributed by atoms with E-state index in [1.165, 1.54) is 4.31 Å². The smallest absolute Gasteiger partial charge is 0.307 e. The van der Waals surface area contributed by atoms with E-state index in [0.717, 1.165) is 12.8 Å². The molecule has 0 radical (unpaired) electrons. The van der Waals surface area contributed by atoms with Crippen LogP contribution in [0.5, 0.6) is 0 Å². The number of ether oxygens (including phenoxy) is 1. The highest BCUT2D eigenvalue weighted by Gasteiger charge is 2.46. The van der Waals surface area contributed by atoms with Gasteiger partial charge in [-0.2, -0.15) is 4.31 Å². The van der Waals surface area contributed by atoms with Crippen LogP contribution in [0.15, 0.2) is 0 Å². The van der Waals surface area contributed by atoms with Gasteiger partial charge in [0.15, 0.2) is 0 Å². The molecule has 0 aromatic carbocycles. The van der Waals surface area contributed by atoms with Crippen molar-refractivity contribution >= 4 is 16.0 Å². The molecule has 20 heavy (non-hydrogen) atoms. The molecule has 1 saturated carbocycles. The Morgan fingerprint density at radius 3 is 2.65 bits per heavy atom. The number of sulfonamides is 1. The van der Waals surface area contributed by atoms with Gasteiger partial charge in [-0.25, -0.2) is 8.42 Å². The lowest BCUT2D eigenvalue weighted by molar-refractivity contribution is -0.141. The van der Waals surface area contributed by atoms with Crippen molar-refractivity contribution in [3.8, 4) is 0 Å². The molecular weight excluding hydrogens is 282 g/mol. The summed E-state index contributed by atoms with van der Waals surface area (Å²) in [5.41, 5.74) is -0.470. The van der Waals surface area contributed by atoms with Crippen LogP contribution in [0.2, 0.25) is 0 Å². The zero-order chi connectivity index (χ0) is 15.0. The van der Waals surface area contributed by atoms with Gasteiger partial charge >= 0.3 is 5.97 Å². The molecule has 1 saturated heterocycles. The van der Waals surface area contributed by atoms with Crippen molar-refractivity contribution in [2.24, 2.45) is 5.92 Å². The molecule has 1 aliphatic heterocycles. The van der Waals surface area contributed by atoms with Crippen molar-refractivity contribution in [3.05, 3.63) is 0 Å². The maximum atomic E-state index is 12.7. The van der Waals surface area contributed by atoms with E-state index >= 15 is 0 Å². The number of methoxy groups -OCH3 is 1. The van der Waals surface area contributed by atoms with Crippen LogP contribution in [0.3, 0.4) is 0 Å². The maximum absolute atomic E-state index is 12.7. The Labute approximate surface area is 120 Å². The highest BCUT2D eigenvalue weighted by Crippen LogP contribution is 2.35. The van der Waals surface area contributed by atoms with Gasteiger partial charge in [-0.3, -0.25) is 4.79 Å². The topological polar surface area (TPSA) is 83.9 Å². The van der Waals surface area contributed by atoms with E-state index in [0.29, 0.717) is 32.4 Å². The summed E-state index contributed by atoms with van der Waals surface area (Å²) in [6.07, 6.45) is 3.13. The fourth-order valence-electron chi connectivity index (χ4n) is 3.30. The summed E-state index contributed by atoms with van der Waals surface area (Å²) < 4.78 is 32.3. The average Bonchev–Trinajstić information content (AvgIpc) is 2.89. The van der Waals surface area contributed by atoms with Crippen LogP contribution in [0.1, 0.15) is 39.0 Å². The number of hydrogen-bond donors (Lipinski definition) is 1. The number of carboxylic acids is 1. The van der Waals surface area contributed by atoms with E-state index in [4.69, 9.17) is 4.74 Å². The number of nitrogens with zero attached hydrogens (tertiary/aromatic N) is 1. The summed E-state index contributed by atoms with van der Waals surface area (Å²) in [5.74, 6) is -1.77. The second-order valence-corrected chi connectivity index (χ2v) is 8.20. The Balaban J connectivity index is 2.20. The SMILES string of the molecule is COC1(C)CCCN(S(=O)(=O)C2CCCC2C(=O)O)C1. The third-order valence-corrected chi connectivity index (χ3v) is 6.99. The van der Waals surface area contributed by atoms with Crippen molar-refractivity contribution in [3.63, 3.8) is 0 Å². The van der Waals surface area contributed by atoms with Crippen LogP contribution in [-0.2, 0) is 19.6 Å². The highest BCUT2D eigenvalue weighted by molar-refractivity contribution is 7.89. The Bertz CT molecular complexity index is 477. The van der Waals surface area contributed by atoms with Crippen LogP contribution in [0.4, 0.5) is 0 Å². The van der Waals surface area contributed by atoms with Crippen molar-refractivity contribution in [1.82, 2.24) is 4.31 Å². The van der Waals surface area contributed by atoms with Crippen LogP contribution in [-0.4, -0.2) is 54.8 Å². The van der Waals surface area contributed by atoms with Gasteiger partial charge in [0.2, 0.25) is 10.0 Å². The molecule has 0 amide bonds. The normalized spacial score (nSPS) is 36.1. The lowest BCUT2D eigenvalue weighted by atomic mass is 9.96. The summed E-state index contributed by atoms with van der Waals surface area (Å²) in [6.45, 7) is 2.68. The molecule has 0 aromatic rings. The molecule has 3 unspecified atom stereocenters. The van der Waals surface area contributed by atoms with Gasteiger partial charge in [0.25, 0.3) is 0 Å². The molecule has 0 spiro atoms. The highest BCUT2D eigenvalue weighted by atomic mass is 32.2. The molecule has 3 atom stereocenters. The first-order chi connectivity index (χ1) is 9.30. The predicted molar refractivity (Wildman–Crippen MR) is 73.9 cm³/mol. The van der Waals surface area contributed by atoms with E-state index < -0.39 is 32.8 Å². The van der Waals surface area contributed by atoms with Crippen molar-refractivity contribution in [2.75, 3.05) is 20.2 Å². The average molecular weight is 305 g/mol. The van der Waals surface area contributed by atoms with E-state index in [1.54, 1.807) is 7.11 Å². The van der Waals surface area contributed by atoms with Crippen LogP contribution < -0.4 is 0 Å². The molecular formula is C13H23NO5S. The zero-order valence-corrected chi connectivity index (χ0v) is 12.9. The largest absolute Gasteiger partial charge is 0.481 e. The molecule has 6 nitrogen and oxygen atoms in total. The van der Waals surface area contributed by atoms with E-state index in [-0.39, 0.29) is 0 Å². The number of carboxylic acid groups (broad SMARTS) is 1. The molecule has 116 valence electrons. The lowest BCUT2D eigenvalue weighted by Gasteiger charge is -2.40. The van der Waals surface area contributed by atoms with Gasteiger partial charge in [-0.05, 0) is 32.6 Å². The van der Waals surface area contributed by atoms with Crippen molar-refractivity contribution < 1.29 is 23.1 Å². The number of rotatable bonds is 4. The third-order valence-electron chi connectivity index (χ3n) is 4.63. The molecule has 1 aliphatic carbocycles. The van der Waals surface area contributed by atoms with Gasteiger partial charge in [-0.15, -0.1) is 0 Å². The molecule has 0 bridgehead atoms. The first-order valence-electron chi connectivity index (χ1n) is 7.07. The van der Waals surface area contributed by atoms with Gasteiger partial charge in [0, 0.05) is 20.2 Å². The van der Waals surface area contributed by atoms with E-state index in [9.17, 15) is 18.3 Å². The fourth-order valence-corrected chi connectivity index (χ4v) is 5.65. The summed E-state index contributed by atoms with van der Waals surface area (Å²) >= 11 is 0. The first-order valence-corrected chi connectivity index (χ1v) is 8.57. The molecule has 1 N–H and O–H groups in total. The van der Waals surface area contributed by atoms with Crippen LogP contribution in [0, 0.1) is 5.92 Å². The number of hydrogen-bond acceptors (Lipinski definition) is 4. The molecule has 2 fully saturated rings. The van der Waals surface area contributed by atoms with E-state index in [2.05, 4.69) is 0 Å². The van der Waals surface area contributed by atoms with Gasteiger partial charge in [0.05, 0.1) is 16.8 Å². The standard InChI is InChI=1S/C13H23NO5S/c1-13(19-2)7-4-8-14(9-13)20(17,18)11-6-3-5-10(11)12(15)16/h10-11H,3-9H2,1-2H3,(H,15,16). The Morgan fingerprint density at radius 2 is 2.05 bits per heavy atom. The molecule has 1 heterocycles. The first kappa shape index (κ1) is 15.7. The number of carbonyl (C=O) groups is 1. The quantitative estimate of drug-likeness (QED) is 0.840. The van der Waals surface area contributed by atoms with E-state index in [1.807, 2.05) is 6.92 Å². The minimum Gasteiger partial charge on any atom is -0.481 e. The predicted octanol–water partition coefficient (Wildman–Crippen LogP) is 1.07. The fraction of sp³-hybridized carbons (Fsp3) is 0.923. The molecule has 2 rings (SSSR count). The summed E-state index contributed by atoms with van der Waals surface area (Å²) in [6, 6.07) is 0. The van der Waals surface area contributed by atoms with Crippen molar-refractivity contribution in [1.29, 1.82) is 0 Å². The summed E-state index contributed by atoms with van der Waals surface area (Å²) in [7, 11) is -1.98. The minimum absolute atomic E-state index is 0.314. The molecule has 2 aliphatic rings. The minimum atomic E-state index is -3.56. The van der Waals surface area contributed by atoms with Gasteiger partial charge in [-0.1, -0.05) is 6.42 Å². The Morgan fingerprint density at radius 1 is 1.35 bits per heavy atom.